The van der Waals surface area contributed by atoms with Crippen molar-refractivity contribution < 1.29 is 19.5 Å². The van der Waals surface area contributed by atoms with Crippen LogP contribution in [0.4, 0.5) is 4.79 Å². The molecule has 1 rings (SSSR count). The Labute approximate surface area is 125 Å². The first kappa shape index (κ1) is 17.3. The van der Waals surface area contributed by atoms with E-state index in [2.05, 4.69) is 0 Å². The molecule has 0 aliphatic carbocycles. The van der Waals surface area contributed by atoms with E-state index in [0.717, 1.165) is 6.42 Å². The van der Waals surface area contributed by atoms with Gasteiger partial charge in [0.1, 0.15) is 6.54 Å². The number of amides is 3. The highest BCUT2D eigenvalue weighted by Crippen LogP contribution is 2.18. The number of carboxylic acid groups (broad SMARTS) is 1. The molecule has 1 heterocycles. The van der Waals surface area contributed by atoms with E-state index in [1.165, 1.54) is 9.80 Å². The number of carboxylic acids is 1. The van der Waals surface area contributed by atoms with E-state index in [1.54, 1.807) is 19.0 Å². The third-order valence-electron chi connectivity index (χ3n) is 3.63. The van der Waals surface area contributed by atoms with Gasteiger partial charge in [0, 0.05) is 33.7 Å². The number of piperidine rings is 1. The highest BCUT2D eigenvalue weighted by Gasteiger charge is 2.31. The fourth-order valence-electron chi connectivity index (χ4n) is 2.37. The summed E-state index contributed by atoms with van der Waals surface area (Å²) in [7, 11) is 3.30. The van der Waals surface area contributed by atoms with Crippen molar-refractivity contribution in [2.24, 2.45) is 5.92 Å². The number of urea groups is 1. The van der Waals surface area contributed by atoms with Gasteiger partial charge in [-0.25, -0.2) is 4.79 Å². The van der Waals surface area contributed by atoms with Gasteiger partial charge in [-0.3, -0.25) is 9.59 Å². The Morgan fingerprint density at radius 1 is 1.29 bits per heavy atom. The second-order valence-electron chi connectivity index (χ2n) is 5.62. The number of aliphatic carboxylic acids is 1. The first-order valence-corrected chi connectivity index (χ1v) is 7.33. The van der Waals surface area contributed by atoms with Crippen molar-refractivity contribution in [3.05, 3.63) is 0 Å². The minimum Gasteiger partial charge on any atom is -0.481 e. The number of carbonyl (C=O) groups is 3. The van der Waals surface area contributed by atoms with Gasteiger partial charge in [-0.1, -0.05) is 6.92 Å². The second-order valence-corrected chi connectivity index (χ2v) is 5.62. The Hall–Kier alpha value is -1.79. The number of hydrogen-bond donors (Lipinski definition) is 1. The van der Waals surface area contributed by atoms with E-state index in [-0.39, 0.29) is 25.0 Å². The van der Waals surface area contributed by atoms with Gasteiger partial charge in [0.15, 0.2) is 0 Å². The molecule has 0 spiro atoms. The van der Waals surface area contributed by atoms with Crippen LogP contribution in [0.25, 0.3) is 0 Å². The molecule has 120 valence electrons. The smallest absolute Gasteiger partial charge is 0.320 e. The van der Waals surface area contributed by atoms with E-state index in [1.807, 2.05) is 6.92 Å². The summed E-state index contributed by atoms with van der Waals surface area (Å²) in [6, 6.07) is -0.238. The van der Waals surface area contributed by atoms with Crippen molar-refractivity contribution in [2.45, 2.75) is 26.2 Å². The zero-order valence-electron chi connectivity index (χ0n) is 13.0. The van der Waals surface area contributed by atoms with Crippen molar-refractivity contribution in [1.29, 1.82) is 0 Å². The Morgan fingerprint density at radius 2 is 1.95 bits per heavy atom. The third kappa shape index (κ3) is 4.91. The summed E-state index contributed by atoms with van der Waals surface area (Å²) in [5, 5.41) is 9.09. The maximum absolute atomic E-state index is 12.5. The van der Waals surface area contributed by atoms with E-state index < -0.39 is 11.9 Å². The molecule has 7 heteroatoms. The standard InChI is InChI=1S/C14H25N3O4/c1-4-7-16(10-12(18)15(2)3)14(21)17-8-5-6-11(9-17)13(19)20/h11H,4-10H2,1-3H3,(H,19,20)/t11-/m0/s1. The van der Waals surface area contributed by atoms with Gasteiger partial charge in [0.25, 0.3) is 0 Å². The lowest BCUT2D eigenvalue weighted by atomic mass is 9.98. The Kier molecular flexibility index (Phi) is 6.45. The maximum Gasteiger partial charge on any atom is 0.320 e. The van der Waals surface area contributed by atoms with E-state index in [0.29, 0.717) is 25.9 Å². The van der Waals surface area contributed by atoms with Crippen molar-refractivity contribution in [3.8, 4) is 0 Å². The largest absolute Gasteiger partial charge is 0.481 e. The monoisotopic (exact) mass is 299 g/mol. The van der Waals surface area contributed by atoms with Crippen LogP contribution in [0.2, 0.25) is 0 Å². The quantitative estimate of drug-likeness (QED) is 0.810. The van der Waals surface area contributed by atoms with Crippen LogP contribution < -0.4 is 0 Å². The van der Waals surface area contributed by atoms with Gasteiger partial charge in [0.05, 0.1) is 5.92 Å². The van der Waals surface area contributed by atoms with Gasteiger partial charge in [0.2, 0.25) is 5.91 Å². The van der Waals surface area contributed by atoms with Crippen molar-refractivity contribution >= 4 is 17.9 Å². The van der Waals surface area contributed by atoms with Crippen molar-refractivity contribution in [2.75, 3.05) is 40.3 Å². The summed E-state index contributed by atoms with van der Waals surface area (Å²) in [5.74, 6) is -1.50. The van der Waals surface area contributed by atoms with Crippen LogP contribution in [0.3, 0.4) is 0 Å². The molecule has 1 aliphatic heterocycles. The molecule has 0 unspecified atom stereocenters. The molecule has 0 aromatic rings. The lowest BCUT2D eigenvalue weighted by Gasteiger charge is -2.35. The Bertz CT molecular complexity index is 398. The number of carbonyl (C=O) groups excluding carboxylic acids is 2. The summed E-state index contributed by atoms with van der Waals surface area (Å²) in [4.78, 5) is 39.9. The Morgan fingerprint density at radius 3 is 2.48 bits per heavy atom. The fraction of sp³-hybridized carbons (Fsp3) is 0.786. The fourth-order valence-corrected chi connectivity index (χ4v) is 2.37. The highest BCUT2D eigenvalue weighted by molar-refractivity contribution is 5.84. The minimum atomic E-state index is -0.862. The first-order valence-electron chi connectivity index (χ1n) is 7.33. The molecule has 0 aromatic carbocycles. The molecule has 21 heavy (non-hydrogen) atoms. The average Bonchev–Trinajstić information content (AvgIpc) is 2.45. The number of rotatable bonds is 5. The third-order valence-corrected chi connectivity index (χ3v) is 3.63. The zero-order chi connectivity index (χ0) is 16.0. The number of hydrogen-bond acceptors (Lipinski definition) is 3. The number of likely N-dealkylation sites (N-methyl/N-ethyl adjacent to an activating group) is 1. The maximum atomic E-state index is 12.5. The molecule has 3 amide bonds. The SMILES string of the molecule is CCCN(CC(=O)N(C)C)C(=O)N1CCC[C@H](C(=O)O)C1. The average molecular weight is 299 g/mol. The van der Waals surface area contributed by atoms with Gasteiger partial charge in [-0.15, -0.1) is 0 Å². The summed E-state index contributed by atoms with van der Waals surface area (Å²) in [5.41, 5.74) is 0. The molecule has 1 atom stereocenters. The molecule has 0 aromatic heterocycles. The van der Waals surface area contributed by atoms with Crippen LogP contribution in [-0.4, -0.2) is 78.0 Å². The first-order chi connectivity index (χ1) is 9.86. The second kappa shape index (κ2) is 7.85. The molecule has 7 nitrogen and oxygen atoms in total. The summed E-state index contributed by atoms with van der Waals surface area (Å²) in [6.45, 7) is 3.25. The van der Waals surface area contributed by atoms with Gasteiger partial charge in [-0.05, 0) is 19.3 Å². The molecule has 1 aliphatic rings. The minimum absolute atomic E-state index is 0.0356. The lowest BCUT2D eigenvalue weighted by Crippen LogP contribution is -2.51. The molecule has 0 radical (unpaired) electrons. The van der Waals surface area contributed by atoms with Crippen LogP contribution in [0, 0.1) is 5.92 Å². The van der Waals surface area contributed by atoms with Crippen LogP contribution in [0.15, 0.2) is 0 Å². The predicted molar refractivity (Wildman–Crippen MR) is 77.9 cm³/mol. The Balaban J connectivity index is 2.71. The van der Waals surface area contributed by atoms with Crippen molar-refractivity contribution in [3.63, 3.8) is 0 Å². The topological polar surface area (TPSA) is 81.2 Å². The van der Waals surface area contributed by atoms with Gasteiger partial charge < -0.3 is 19.8 Å². The molecular weight excluding hydrogens is 274 g/mol. The van der Waals surface area contributed by atoms with Crippen LogP contribution in [0.1, 0.15) is 26.2 Å². The molecule has 1 N–H and O–H groups in total. The lowest BCUT2D eigenvalue weighted by molar-refractivity contribution is -0.143. The van der Waals surface area contributed by atoms with Crippen LogP contribution in [-0.2, 0) is 9.59 Å². The van der Waals surface area contributed by atoms with Crippen LogP contribution in [0.5, 0.6) is 0 Å². The summed E-state index contributed by atoms with van der Waals surface area (Å²) >= 11 is 0. The molecule has 0 bridgehead atoms. The number of nitrogens with zero attached hydrogens (tertiary/aromatic N) is 3. The van der Waals surface area contributed by atoms with Crippen LogP contribution >= 0.6 is 0 Å². The molecular formula is C14H25N3O4. The van der Waals surface area contributed by atoms with Gasteiger partial charge in [-0.2, -0.15) is 0 Å². The van der Waals surface area contributed by atoms with E-state index >= 15 is 0 Å². The molecule has 1 fully saturated rings. The van der Waals surface area contributed by atoms with E-state index in [4.69, 9.17) is 5.11 Å². The normalized spacial score (nSPS) is 18.2. The predicted octanol–water partition coefficient (Wildman–Crippen LogP) is 0.703. The summed E-state index contributed by atoms with van der Waals surface area (Å²) < 4.78 is 0. The zero-order valence-corrected chi connectivity index (χ0v) is 13.0. The van der Waals surface area contributed by atoms with Gasteiger partial charge >= 0.3 is 12.0 Å². The van der Waals surface area contributed by atoms with Crippen molar-refractivity contribution in [1.82, 2.24) is 14.7 Å². The summed E-state index contributed by atoms with van der Waals surface area (Å²) in [6.07, 6.45) is 2.04. The molecule has 1 saturated heterocycles. The number of likely N-dealkylation sites (tertiary alicyclic amines) is 1. The van der Waals surface area contributed by atoms with E-state index in [9.17, 15) is 14.4 Å². The highest BCUT2D eigenvalue weighted by atomic mass is 16.4. The molecule has 0 saturated carbocycles.